The number of benzene rings is 1. The Morgan fingerprint density at radius 1 is 1.20 bits per heavy atom. The number of anilines is 1. The molecule has 0 saturated carbocycles. The number of rotatable bonds is 8. The second-order valence-corrected chi connectivity index (χ2v) is 10.0. The van der Waals surface area contributed by atoms with Gasteiger partial charge in [-0.3, -0.25) is 19.5 Å². The Morgan fingerprint density at radius 2 is 1.90 bits per heavy atom. The van der Waals surface area contributed by atoms with Crippen LogP contribution in [0.5, 0.6) is 5.75 Å². The van der Waals surface area contributed by atoms with E-state index < -0.39 is 58.9 Å². The fourth-order valence-electron chi connectivity index (χ4n) is 5.05. The van der Waals surface area contributed by atoms with Gasteiger partial charge in [-0.1, -0.05) is 13.0 Å². The van der Waals surface area contributed by atoms with Crippen LogP contribution in [0, 0.1) is 17.6 Å². The SMILES string of the molecule is CNC(=O)c1cc(NC(=O)[C@@H]2O[C@@](C)(C(F)(F)F)[C@@H](C)[C@H]2c2ccc(F)c(F)c2OCCN2CCOCC2)ccn1. The summed E-state index contributed by atoms with van der Waals surface area (Å²) in [5, 5.41) is 4.85. The van der Waals surface area contributed by atoms with Gasteiger partial charge in [0.15, 0.2) is 17.2 Å². The Bertz CT molecular complexity index is 1270. The Balaban J connectivity index is 1.68. The fourth-order valence-corrected chi connectivity index (χ4v) is 5.05. The van der Waals surface area contributed by atoms with E-state index in [0.717, 1.165) is 19.1 Å². The van der Waals surface area contributed by atoms with Gasteiger partial charge in [0.05, 0.1) is 13.2 Å². The number of hydrogen-bond acceptors (Lipinski definition) is 7. The van der Waals surface area contributed by atoms with E-state index in [2.05, 4.69) is 15.6 Å². The fraction of sp³-hybridized carbons (Fsp3) is 0.519. The molecule has 2 N–H and O–H groups in total. The quantitative estimate of drug-likeness (QED) is 0.457. The van der Waals surface area contributed by atoms with Crippen LogP contribution in [0.4, 0.5) is 27.6 Å². The molecule has 0 aliphatic carbocycles. The van der Waals surface area contributed by atoms with Crippen LogP contribution in [0.15, 0.2) is 30.5 Å². The minimum Gasteiger partial charge on any atom is -0.489 e. The summed E-state index contributed by atoms with van der Waals surface area (Å²) < 4.78 is 88.7. The zero-order valence-corrected chi connectivity index (χ0v) is 22.7. The molecule has 0 radical (unpaired) electrons. The highest BCUT2D eigenvalue weighted by atomic mass is 19.4. The standard InChI is InChI=1S/C27H31F5N4O5/c1-15-20(17-4-5-18(28)21(29)22(17)40-13-10-36-8-11-39-12-9-36)23(41-26(15,2)27(30,31)32)25(38)35-16-6-7-34-19(14-16)24(37)33-3/h4-7,14-15,20,23H,8-13H2,1-3H3,(H,33,37)(H,34,35,38)/t15-,20-,23+,26+/m0/s1. The Labute approximate surface area is 233 Å². The molecule has 14 heteroatoms. The molecule has 4 atom stereocenters. The maximum Gasteiger partial charge on any atom is 0.417 e. The van der Waals surface area contributed by atoms with Gasteiger partial charge in [0.2, 0.25) is 5.82 Å². The number of morpholine rings is 1. The second-order valence-electron chi connectivity index (χ2n) is 10.0. The summed E-state index contributed by atoms with van der Waals surface area (Å²) in [4.78, 5) is 31.3. The van der Waals surface area contributed by atoms with E-state index in [1.165, 1.54) is 32.3 Å². The van der Waals surface area contributed by atoms with Crippen molar-refractivity contribution in [3.05, 3.63) is 53.4 Å². The average Bonchev–Trinajstić information content (AvgIpc) is 3.23. The van der Waals surface area contributed by atoms with Crippen LogP contribution in [0.2, 0.25) is 0 Å². The van der Waals surface area contributed by atoms with Gasteiger partial charge >= 0.3 is 6.18 Å². The summed E-state index contributed by atoms with van der Waals surface area (Å²) in [5.41, 5.74) is -2.90. The molecule has 2 aliphatic heterocycles. The summed E-state index contributed by atoms with van der Waals surface area (Å²) in [6.07, 6.45) is -5.44. The zero-order chi connectivity index (χ0) is 29.9. The van der Waals surface area contributed by atoms with E-state index in [-0.39, 0.29) is 23.6 Å². The molecule has 9 nitrogen and oxygen atoms in total. The predicted molar refractivity (Wildman–Crippen MR) is 137 cm³/mol. The molecule has 1 aromatic heterocycles. The maximum absolute atomic E-state index is 15.1. The number of nitrogens with one attached hydrogen (secondary N) is 2. The molecule has 2 saturated heterocycles. The van der Waals surface area contributed by atoms with E-state index in [1.54, 1.807) is 0 Å². The number of ether oxygens (including phenoxy) is 3. The van der Waals surface area contributed by atoms with Gasteiger partial charge in [-0.05, 0) is 25.1 Å². The van der Waals surface area contributed by atoms with Crippen molar-refractivity contribution in [2.75, 3.05) is 51.8 Å². The molecule has 4 rings (SSSR count). The van der Waals surface area contributed by atoms with Crippen LogP contribution in [0.25, 0.3) is 0 Å². The van der Waals surface area contributed by atoms with Crippen LogP contribution >= 0.6 is 0 Å². The van der Waals surface area contributed by atoms with Gasteiger partial charge in [0.1, 0.15) is 18.4 Å². The predicted octanol–water partition coefficient (Wildman–Crippen LogP) is 3.51. The van der Waals surface area contributed by atoms with Crippen LogP contribution < -0.4 is 15.4 Å². The first-order chi connectivity index (χ1) is 19.4. The molecule has 0 unspecified atom stereocenters. The van der Waals surface area contributed by atoms with Crippen molar-refractivity contribution in [3.8, 4) is 5.75 Å². The van der Waals surface area contributed by atoms with Gasteiger partial charge in [-0.2, -0.15) is 17.6 Å². The average molecular weight is 587 g/mol. The van der Waals surface area contributed by atoms with Crippen LogP contribution in [0.1, 0.15) is 35.8 Å². The lowest BCUT2D eigenvalue weighted by molar-refractivity contribution is -0.272. The third-order valence-corrected chi connectivity index (χ3v) is 7.61. The van der Waals surface area contributed by atoms with Gasteiger partial charge in [0, 0.05) is 56.0 Å². The van der Waals surface area contributed by atoms with Crippen molar-refractivity contribution in [1.29, 1.82) is 0 Å². The van der Waals surface area contributed by atoms with Gasteiger partial charge < -0.3 is 24.8 Å². The smallest absolute Gasteiger partial charge is 0.417 e. The van der Waals surface area contributed by atoms with Crippen molar-refractivity contribution in [2.24, 2.45) is 5.92 Å². The van der Waals surface area contributed by atoms with E-state index in [4.69, 9.17) is 14.2 Å². The normalized spacial score (nSPS) is 25.1. The molecular weight excluding hydrogens is 555 g/mol. The molecule has 0 spiro atoms. The Kier molecular flexibility index (Phi) is 9.14. The third kappa shape index (κ3) is 6.28. The molecule has 2 amide bonds. The highest BCUT2D eigenvalue weighted by Crippen LogP contribution is 2.55. The number of aromatic nitrogens is 1. The first-order valence-corrected chi connectivity index (χ1v) is 13.0. The van der Waals surface area contributed by atoms with Crippen LogP contribution in [-0.4, -0.2) is 86.1 Å². The zero-order valence-electron chi connectivity index (χ0n) is 22.7. The number of nitrogens with zero attached hydrogens (tertiary/aromatic N) is 2. The van der Waals surface area contributed by atoms with Crippen molar-refractivity contribution in [2.45, 2.75) is 37.6 Å². The molecule has 2 aliphatic rings. The first-order valence-electron chi connectivity index (χ1n) is 13.0. The summed E-state index contributed by atoms with van der Waals surface area (Å²) >= 11 is 0. The topological polar surface area (TPSA) is 102 Å². The Morgan fingerprint density at radius 3 is 2.56 bits per heavy atom. The minimum absolute atomic E-state index is 0.0424. The number of halogens is 5. The minimum atomic E-state index is -4.90. The van der Waals surface area contributed by atoms with Crippen molar-refractivity contribution in [1.82, 2.24) is 15.2 Å². The maximum atomic E-state index is 15.1. The lowest BCUT2D eigenvalue weighted by Gasteiger charge is -2.32. The number of amides is 2. The molecule has 3 heterocycles. The number of carbonyl (C=O) groups is 2. The molecule has 2 fully saturated rings. The van der Waals surface area contributed by atoms with Gasteiger partial charge in [-0.25, -0.2) is 4.39 Å². The number of hydrogen-bond donors (Lipinski definition) is 2. The summed E-state index contributed by atoms with van der Waals surface area (Å²) in [7, 11) is 1.38. The number of pyridine rings is 1. The highest BCUT2D eigenvalue weighted by molar-refractivity contribution is 5.97. The van der Waals surface area contributed by atoms with Crippen molar-refractivity contribution >= 4 is 17.5 Å². The molecule has 41 heavy (non-hydrogen) atoms. The second kappa shape index (κ2) is 12.2. The van der Waals surface area contributed by atoms with Crippen LogP contribution in [-0.2, 0) is 14.3 Å². The molecule has 2 aromatic rings. The van der Waals surface area contributed by atoms with Gasteiger partial charge in [-0.15, -0.1) is 0 Å². The highest BCUT2D eigenvalue weighted by Gasteiger charge is 2.66. The number of carbonyl (C=O) groups excluding carboxylic acids is 2. The third-order valence-electron chi connectivity index (χ3n) is 7.61. The largest absolute Gasteiger partial charge is 0.489 e. The summed E-state index contributed by atoms with van der Waals surface area (Å²) in [6.45, 7) is 4.54. The summed E-state index contributed by atoms with van der Waals surface area (Å²) in [6, 6.07) is 4.48. The van der Waals surface area contributed by atoms with Crippen molar-refractivity contribution < 1.29 is 45.8 Å². The number of alkyl halides is 3. The molecule has 224 valence electrons. The monoisotopic (exact) mass is 586 g/mol. The van der Waals surface area contributed by atoms with Gasteiger partial charge in [0.25, 0.3) is 11.8 Å². The van der Waals surface area contributed by atoms with E-state index in [9.17, 15) is 27.2 Å². The molecule has 0 bridgehead atoms. The van der Waals surface area contributed by atoms with Crippen LogP contribution in [0.3, 0.4) is 0 Å². The van der Waals surface area contributed by atoms with E-state index in [0.29, 0.717) is 32.8 Å². The molecule has 1 aromatic carbocycles. The summed E-state index contributed by atoms with van der Waals surface area (Å²) in [5.74, 6) is -7.52. The lowest BCUT2D eigenvalue weighted by Crippen LogP contribution is -2.47. The molecular formula is C27H31F5N4O5. The first kappa shape index (κ1) is 30.6. The van der Waals surface area contributed by atoms with Crippen molar-refractivity contribution in [3.63, 3.8) is 0 Å². The Hall–Kier alpha value is -3.36. The van der Waals surface area contributed by atoms with E-state index >= 15 is 4.39 Å². The lowest BCUT2D eigenvalue weighted by atomic mass is 9.77. The van der Waals surface area contributed by atoms with E-state index in [1.807, 2.05) is 4.90 Å².